The molecule has 2 aromatic rings. The normalized spacial score (nSPS) is 14.9. The number of hydrogen-bond acceptors (Lipinski definition) is 3. The molecule has 3 rings (SSSR count). The van der Waals surface area contributed by atoms with Crippen LogP contribution in [0.3, 0.4) is 0 Å². The summed E-state index contributed by atoms with van der Waals surface area (Å²) in [6.07, 6.45) is 6.93. The van der Waals surface area contributed by atoms with E-state index in [1.54, 1.807) is 0 Å². The van der Waals surface area contributed by atoms with Gasteiger partial charge in [0, 0.05) is 18.8 Å². The molecular weight excluding hydrogens is 288 g/mol. The maximum Gasteiger partial charge on any atom is 0.324 e. The first-order valence-corrected chi connectivity index (χ1v) is 8.15. The molecule has 1 aliphatic heterocycles. The minimum absolute atomic E-state index is 0.286. The highest BCUT2D eigenvalue weighted by Gasteiger charge is 2.10. The SMILES string of the molecule is O=C(Nc1ccccc1)Nc1ccc(N2CCCCCC2)cn1. The van der Waals surface area contributed by atoms with Crippen LogP contribution in [0.5, 0.6) is 0 Å². The molecular formula is C18H22N4O. The van der Waals surface area contributed by atoms with Gasteiger partial charge < -0.3 is 10.2 Å². The Balaban J connectivity index is 1.57. The van der Waals surface area contributed by atoms with E-state index in [4.69, 9.17) is 0 Å². The molecule has 1 aromatic heterocycles. The number of benzene rings is 1. The average Bonchev–Trinajstić information content (AvgIpc) is 2.86. The van der Waals surface area contributed by atoms with Crippen molar-refractivity contribution in [1.82, 2.24) is 4.98 Å². The van der Waals surface area contributed by atoms with Crippen LogP contribution in [0.15, 0.2) is 48.7 Å². The smallest absolute Gasteiger partial charge is 0.324 e. The van der Waals surface area contributed by atoms with Crippen LogP contribution in [0.2, 0.25) is 0 Å². The molecule has 1 aromatic carbocycles. The Morgan fingerprint density at radius 1 is 0.913 bits per heavy atom. The van der Waals surface area contributed by atoms with Gasteiger partial charge in [0.2, 0.25) is 0 Å². The van der Waals surface area contributed by atoms with Crippen molar-refractivity contribution in [2.24, 2.45) is 0 Å². The third kappa shape index (κ3) is 4.45. The van der Waals surface area contributed by atoms with Crippen molar-refractivity contribution in [3.8, 4) is 0 Å². The van der Waals surface area contributed by atoms with Crippen molar-refractivity contribution in [3.63, 3.8) is 0 Å². The molecule has 120 valence electrons. The minimum atomic E-state index is -0.286. The van der Waals surface area contributed by atoms with Crippen molar-refractivity contribution in [1.29, 1.82) is 0 Å². The minimum Gasteiger partial charge on any atom is -0.370 e. The van der Waals surface area contributed by atoms with Crippen LogP contribution in [-0.4, -0.2) is 24.1 Å². The predicted octanol–water partition coefficient (Wildman–Crippen LogP) is 4.11. The molecule has 2 amide bonds. The number of aromatic nitrogens is 1. The van der Waals surface area contributed by atoms with Gasteiger partial charge in [-0.1, -0.05) is 31.0 Å². The fourth-order valence-electron chi connectivity index (χ4n) is 2.78. The summed E-state index contributed by atoms with van der Waals surface area (Å²) in [7, 11) is 0. The van der Waals surface area contributed by atoms with Gasteiger partial charge >= 0.3 is 6.03 Å². The van der Waals surface area contributed by atoms with Gasteiger partial charge in [0.1, 0.15) is 5.82 Å². The van der Waals surface area contributed by atoms with Gasteiger partial charge in [0.15, 0.2) is 0 Å². The summed E-state index contributed by atoms with van der Waals surface area (Å²) in [5, 5.41) is 5.53. The van der Waals surface area contributed by atoms with Gasteiger partial charge in [-0.3, -0.25) is 5.32 Å². The molecule has 0 radical (unpaired) electrons. The molecule has 2 heterocycles. The highest BCUT2D eigenvalue weighted by Crippen LogP contribution is 2.19. The van der Waals surface area contributed by atoms with Crippen LogP contribution >= 0.6 is 0 Å². The van der Waals surface area contributed by atoms with Crippen LogP contribution in [0, 0.1) is 0 Å². The number of urea groups is 1. The first kappa shape index (κ1) is 15.3. The molecule has 0 saturated carbocycles. The summed E-state index contributed by atoms with van der Waals surface area (Å²) in [6, 6.07) is 12.9. The number of hydrogen-bond donors (Lipinski definition) is 2. The van der Waals surface area contributed by atoms with Crippen molar-refractivity contribution in [3.05, 3.63) is 48.7 Å². The molecule has 5 nitrogen and oxygen atoms in total. The zero-order chi connectivity index (χ0) is 15.9. The Morgan fingerprint density at radius 2 is 1.65 bits per heavy atom. The van der Waals surface area contributed by atoms with Gasteiger partial charge in [-0.25, -0.2) is 9.78 Å². The van der Waals surface area contributed by atoms with Crippen LogP contribution in [0.4, 0.5) is 22.0 Å². The molecule has 1 fully saturated rings. The third-order valence-electron chi connectivity index (χ3n) is 3.99. The fraction of sp³-hybridized carbons (Fsp3) is 0.333. The first-order chi connectivity index (χ1) is 11.3. The molecule has 0 unspecified atom stereocenters. The number of carbonyl (C=O) groups is 1. The standard InChI is InChI=1S/C18H22N4O/c23-18(20-15-8-4-3-5-9-15)21-17-11-10-16(14-19-17)22-12-6-1-2-7-13-22/h3-5,8-11,14H,1-2,6-7,12-13H2,(H2,19,20,21,23). The molecule has 0 aliphatic carbocycles. The lowest BCUT2D eigenvalue weighted by molar-refractivity contribution is 0.262. The summed E-state index contributed by atoms with van der Waals surface area (Å²) in [4.78, 5) is 18.7. The Labute approximate surface area is 136 Å². The van der Waals surface area contributed by atoms with E-state index >= 15 is 0 Å². The van der Waals surface area contributed by atoms with E-state index in [0.717, 1.165) is 24.5 Å². The third-order valence-corrected chi connectivity index (χ3v) is 3.99. The van der Waals surface area contributed by atoms with Crippen molar-refractivity contribution in [2.75, 3.05) is 28.6 Å². The molecule has 1 aliphatic rings. The Kier molecular flexibility index (Phi) is 5.09. The largest absolute Gasteiger partial charge is 0.370 e. The highest BCUT2D eigenvalue weighted by molar-refractivity contribution is 5.99. The molecule has 5 heteroatoms. The zero-order valence-corrected chi connectivity index (χ0v) is 13.2. The van der Waals surface area contributed by atoms with Crippen LogP contribution in [0.1, 0.15) is 25.7 Å². The van der Waals surface area contributed by atoms with Crippen molar-refractivity contribution in [2.45, 2.75) is 25.7 Å². The van der Waals surface area contributed by atoms with Gasteiger partial charge in [-0.2, -0.15) is 0 Å². The lowest BCUT2D eigenvalue weighted by atomic mass is 10.2. The van der Waals surface area contributed by atoms with E-state index in [1.807, 2.05) is 48.7 Å². The highest BCUT2D eigenvalue weighted by atomic mass is 16.2. The summed E-state index contributed by atoms with van der Waals surface area (Å²) in [5.41, 5.74) is 1.88. The number of carbonyl (C=O) groups excluding carboxylic acids is 1. The van der Waals surface area contributed by atoms with Gasteiger partial charge in [-0.15, -0.1) is 0 Å². The van der Waals surface area contributed by atoms with E-state index in [9.17, 15) is 4.79 Å². The second-order valence-corrected chi connectivity index (χ2v) is 5.75. The number of anilines is 3. The maximum absolute atomic E-state index is 11.9. The van der Waals surface area contributed by atoms with Crippen molar-refractivity contribution >= 4 is 23.2 Å². The Morgan fingerprint density at radius 3 is 2.30 bits per heavy atom. The molecule has 23 heavy (non-hydrogen) atoms. The van der Waals surface area contributed by atoms with Gasteiger partial charge in [0.05, 0.1) is 11.9 Å². The number of pyridine rings is 1. The van der Waals surface area contributed by atoms with Crippen LogP contribution in [-0.2, 0) is 0 Å². The Bertz CT molecular complexity index is 619. The number of nitrogens with zero attached hydrogens (tertiary/aromatic N) is 2. The molecule has 1 saturated heterocycles. The van der Waals surface area contributed by atoms with E-state index < -0.39 is 0 Å². The van der Waals surface area contributed by atoms with Crippen LogP contribution < -0.4 is 15.5 Å². The number of nitrogens with one attached hydrogen (secondary N) is 2. The van der Waals surface area contributed by atoms with Crippen LogP contribution in [0.25, 0.3) is 0 Å². The Hall–Kier alpha value is -2.56. The number of para-hydroxylation sites is 1. The zero-order valence-electron chi connectivity index (χ0n) is 13.2. The first-order valence-electron chi connectivity index (χ1n) is 8.15. The second-order valence-electron chi connectivity index (χ2n) is 5.75. The average molecular weight is 310 g/mol. The summed E-state index contributed by atoms with van der Waals surface area (Å²) >= 11 is 0. The maximum atomic E-state index is 11.9. The van der Waals surface area contributed by atoms with E-state index in [-0.39, 0.29) is 6.03 Å². The molecule has 0 bridgehead atoms. The van der Waals surface area contributed by atoms with E-state index in [2.05, 4.69) is 20.5 Å². The summed E-state index contributed by atoms with van der Waals surface area (Å²) < 4.78 is 0. The molecule has 0 atom stereocenters. The lowest BCUT2D eigenvalue weighted by Crippen LogP contribution is -2.24. The van der Waals surface area contributed by atoms with Gasteiger partial charge in [0.25, 0.3) is 0 Å². The molecule has 0 spiro atoms. The fourth-order valence-corrected chi connectivity index (χ4v) is 2.78. The quantitative estimate of drug-likeness (QED) is 0.897. The predicted molar refractivity (Wildman–Crippen MR) is 94.0 cm³/mol. The monoisotopic (exact) mass is 310 g/mol. The lowest BCUT2D eigenvalue weighted by Gasteiger charge is -2.22. The summed E-state index contributed by atoms with van der Waals surface area (Å²) in [6.45, 7) is 2.17. The second kappa shape index (κ2) is 7.63. The number of rotatable bonds is 3. The van der Waals surface area contributed by atoms with Gasteiger partial charge in [-0.05, 0) is 37.1 Å². The number of amides is 2. The van der Waals surface area contributed by atoms with Crippen molar-refractivity contribution < 1.29 is 4.79 Å². The van der Waals surface area contributed by atoms with E-state index in [1.165, 1.54) is 25.7 Å². The topological polar surface area (TPSA) is 57.3 Å². The molecule has 2 N–H and O–H groups in total. The van der Waals surface area contributed by atoms with E-state index in [0.29, 0.717) is 5.82 Å². The summed E-state index contributed by atoms with van der Waals surface area (Å²) in [5.74, 6) is 0.553.